The molecular weight excluding hydrogens is 350 g/mol. The monoisotopic (exact) mass is 379 g/mol. The Bertz CT molecular complexity index is 684. The first-order valence-electron chi connectivity index (χ1n) is 9.21. The van der Waals surface area contributed by atoms with Crippen molar-refractivity contribution in [3.63, 3.8) is 0 Å². The van der Waals surface area contributed by atoms with Gasteiger partial charge in [0.2, 0.25) is 5.91 Å². The van der Waals surface area contributed by atoms with Crippen LogP contribution >= 0.6 is 0 Å². The molecule has 1 aliphatic rings. The summed E-state index contributed by atoms with van der Waals surface area (Å²) in [6.45, 7) is 9.75. The number of hydrogen-bond acceptors (Lipinski definition) is 5. The number of carbonyl (C=O) groups excluding carboxylic acids is 3. The highest BCUT2D eigenvalue weighted by Gasteiger charge is 2.29. The van der Waals surface area contributed by atoms with Gasteiger partial charge in [-0.05, 0) is 59.6 Å². The Balaban J connectivity index is 1.78. The molecule has 1 aromatic heterocycles. The Morgan fingerprint density at radius 3 is 2.37 bits per heavy atom. The summed E-state index contributed by atoms with van der Waals surface area (Å²) in [7, 11) is 0. The van der Waals surface area contributed by atoms with E-state index in [0.717, 1.165) is 0 Å². The second kappa shape index (κ2) is 8.45. The lowest BCUT2D eigenvalue weighted by molar-refractivity contribution is -0.134. The number of nitrogens with zero attached hydrogens (tertiary/aromatic N) is 1. The molecule has 1 saturated heterocycles. The van der Waals surface area contributed by atoms with Crippen LogP contribution in [0.3, 0.4) is 0 Å². The van der Waals surface area contributed by atoms with E-state index in [2.05, 4.69) is 10.6 Å². The summed E-state index contributed by atoms with van der Waals surface area (Å²) >= 11 is 0. The van der Waals surface area contributed by atoms with Gasteiger partial charge in [0.25, 0.3) is 5.91 Å². The van der Waals surface area contributed by atoms with E-state index in [0.29, 0.717) is 37.5 Å². The van der Waals surface area contributed by atoms with Crippen LogP contribution in [-0.4, -0.2) is 53.6 Å². The minimum atomic E-state index is -0.669. The number of amides is 3. The number of furan rings is 1. The molecule has 3 amide bonds. The van der Waals surface area contributed by atoms with Gasteiger partial charge in [-0.3, -0.25) is 9.59 Å². The number of ether oxygens (including phenoxy) is 1. The van der Waals surface area contributed by atoms with Crippen molar-refractivity contribution in [1.82, 2.24) is 15.5 Å². The Kier molecular flexibility index (Phi) is 6.51. The average molecular weight is 379 g/mol. The summed E-state index contributed by atoms with van der Waals surface area (Å²) in [6.07, 6.45) is 0.686. The van der Waals surface area contributed by atoms with E-state index < -0.39 is 17.7 Å². The van der Waals surface area contributed by atoms with E-state index in [1.165, 1.54) is 0 Å². The van der Waals surface area contributed by atoms with E-state index >= 15 is 0 Å². The molecule has 150 valence electrons. The second-order valence-electron chi connectivity index (χ2n) is 7.85. The highest BCUT2D eigenvalue weighted by molar-refractivity contribution is 5.91. The van der Waals surface area contributed by atoms with E-state index in [1.54, 1.807) is 51.7 Å². The predicted octanol–water partition coefficient (Wildman–Crippen LogP) is 2.22. The molecule has 2 heterocycles. The van der Waals surface area contributed by atoms with Crippen LogP contribution in [0.4, 0.5) is 4.79 Å². The molecule has 0 spiro atoms. The van der Waals surface area contributed by atoms with Crippen LogP contribution in [0.5, 0.6) is 0 Å². The molecule has 27 heavy (non-hydrogen) atoms. The molecule has 8 heteroatoms. The van der Waals surface area contributed by atoms with Gasteiger partial charge in [0.05, 0.1) is 0 Å². The van der Waals surface area contributed by atoms with E-state index in [-0.39, 0.29) is 17.9 Å². The van der Waals surface area contributed by atoms with Crippen molar-refractivity contribution in [2.45, 2.75) is 65.1 Å². The third-order valence-electron chi connectivity index (χ3n) is 4.21. The molecule has 0 radical (unpaired) electrons. The molecule has 1 atom stereocenters. The minimum absolute atomic E-state index is 0.0129. The maximum atomic E-state index is 12.5. The summed E-state index contributed by atoms with van der Waals surface area (Å²) in [4.78, 5) is 38.1. The molecular formula is C19H29N3O5. The number of likely N-dealkylation sites (tertiary alicyclic amines) is 1. The highest BCUT2D eigenvalue weighted by Crippen LogP contribution is 2.14. The van der Waals surface area contributed by atoms with Crippen molar-refractivity contribution >= 4 is 17.9 Å². The van der Waals surface area contributed by atoms with Crippen molar-refractivity contribution in [3.8, 4) is 0 Å². The SMILES string of the molecule is Cc1ccc(C(=O)NC2CCN(C(=O)C(C)NC(=O)OC(C)(C)C)CC2)o1. The Labute approximate surface area is 159 Å². The maximum absolute atomic E-state index is 12.5. The molecule has 8 nitrogen and oxygen atoms in total. The Morgan fingerprint density at radius 1 is 1.22 bits per heavy atom. The number of piperidine rings is 1. The fraction of sp³-hybridized carbons (Fsp3) is 0.632. The molecule has 2 rings (SSSR count). The van der Waals surface area contributed by atoms with Gasteiger partial charge in [0.15, 0.2) is 5.76 Å². The van der Waals surface area contributed by atoms with Gasteiger partial charge in [-0.25, -0.2) is 4.79 Å². The van der Waals surface area contributed by atoms with Gasteiger partial charge < -0.3 is 24.7 Å². The summed E-state index contributed by atoms with van der Waals surface area (Å²) < 4.78 is 10.5. The molecule has 0 aliphatic carbocycles. The zero-order chi connectivity index (χ0) is 20.2. The van der Waals surface area contributed by atoms with Crippen molar-refractivity contribution in [3.05, 3.63) is 23.7 Å². The molecule has 0 bridgehead atoms. The van der Waals surface area contributed by atoms with Crippen LogP contribution in [-0.2, 0) is 9.53 Å². The smallest absolute Gasteiger partial charge is 0.408 e. The van der Waals surface area contributed by atoms with Gasteiger partial charge in [-0.1, -0.05) is 0 Å². The molecule has 1 unspecified atom stereocenters. The predicted molar refractivity (Wildman–Crippen MR) is 99.3 cm³/mol. The molecule has 2 N–H and O–H groups in total. The third-order valence-corrected chi connectivity index (χ3v) is 4.21. The first-order valence-corrected chi connectivity index (χ1v) is 9.21. The summed E-state index contributed by atoms with van der Waals surface area (Å²) in [5, 5.41) is 5.50. The largest absolute Gasteiger partial charge is 0.456 e. The Morgan fingerprint density at radius 2 is 1.85 bits per heavy atom. The normalized spacial score (nSPS) is 16.6. The van der Waals surface area contributed by atoms with Gasteiger partial charge in [-0.15, -0.1) is 0 Å². The van der Waals surface area contributed by atoms with E-state index in [1.807, 2.05) is 0 Å². The van der Waals surface area contributed by atoms with Crippen molar-refractivity contribution in [1.29, 1.82) is 0 Å². The van der Waals surface area contributed by atoms with Gasteiger partial charge in [0, 0.05) is 19.1 Å². The molecule has 0 saturated carbocycles. The van der Waals surface area contributed by atoms with Crippen LogP contribution in [0.2, 0.25) is 0 Å². The summed E-state index contributed by atoms with van der Waals surface area (Å²) in [5.41, 5.74) is -0.615. The topological polar surface area (TPSA) is 101 Å². The van der Waals surface area contributed by atoms with E-state index in [4.69, 9.17) is 9.15 Å². The molecule has 1 aromatic rings. The van der Waals surface area contributed by atoms with E-state index in [9.17, 15) is 14.4 Å². The lowest BCUT2D eigenvalue weighted by Gasteiger charge is -2.34. The van der Waals surface area contributed by atoms with Crippen LogP contribution in [0.1, 0.15) is 56.9 Å². The maximum Gasteiger partial charge on any atom is 0.408 e. The fourth-order valence-corrected chi connectivity index (χ4v) is 2.88. The first kappa shape index (κ1) is 20.8. The van der Waals surface area contributed by atoms with Crippen molar-refractivity contribution < 1.29 is 23.5 Å². The summed E-state index contributed by atoms with van der Waals surface area (Å²) in [6, 6.07) is 2.71. The van der Waals surface area contributed by atoms with Crippen molar-refractivity contribution in [2.24, 2.45) is 0 Å². The number of alkyl carbamates (subject to hydrolysis) is 1. The number of carbonyl (C=O) groups is 3. The fourth-order valence-electron chi connectivity index (χ4n) is 2.88. The van der Waals surface area contributed by atoms with Gasteiger partial charge in [0.1, 0.15) is 17.4 Å². The number of hydrogen-bond donors (Lipinski definition) is 2. The molecule has 1 fully saturated rings. The quantitative estimate of drug-likeness (QED) is 0.835. The number of nitrogens with one attached hydrogen (secondary N) is 2. The molecule has 1 aliphatic heterocycles. The van der Waals surface area contributed by atoms with Crippen molar-refractivity contribution in [2.75, 3.05) is 13.1 Å². The second-order valence-corrected chi connectivity index (χ2v) is 7.85. The number of rotatable bonds is 4. The standard InChI is InChI=1S/C19H29N3O5/c1-12-6-7-15(26-12)16(23)21-14-8-10-22(11-9-14)17(24)13(2)20-18(25)27-19(3,4)5/h6-7,13-14H,8-11H2,1-5H3,(H,20,25)(H,21,23). The summed E-state index contributed by atoms with van der Waals surface area (Å²) in [5.74, 6) is 0.577. The third kappa shape index (κ3) is 6.30. The zero-order valence-corrected chi connectivity index (χ0v) is 16.6. The van der Waals surface area contributed by atoms with Crippen LogP contribution in [0, 0.1) is 6.92 Å². The van der Waals surface area contributed by atoms with Gasteiger partial charge in [-0.2, -0.15) is 0 Å². The van der Waals surface area contributed by atoms with Crippen LogP contribution in [0.15, 0.2) is 16.5 Å². The zero-order valence-electron chi connectivity index (χ0n) is 16.6. The number of aryl methyl sites for hydroxylation is 1. The van der Waals surface area contributed by atoms with Crippen LogP contribution < -0.4 is 10.6 Å². The van der Waals surface area contributed by atoms with Gasteiger partial charge >= 0.3 is 6.09 Å². The Hall–Kier alpha value is -2.51. The lowest BCUT2D eigenvalue weighted by atomic mass is 10.0. The van der Waals surface area contributed by atoms with Crippen LogP contribution in [0.25, 0.3) is 0 Å². The molecule has 0 aromatic carbocycles. The first-order chi connectivity index (χ1) is 12.5. The lowest BCUT2D eigenvalue weighted by Crippen LogP contribution is -2.52. The highest BCUT2D eigenvalue weighted by atomic mass is 16.6. The average Bonchev–Trinajstić information content (AvgIpc) is 2.99. The minimum Gasteiger partial charge on any atom is -0.456 e.